The van der Waals surface area contributed by atoms with Crippen LogP contribution in [0, 0.1) is 0 Å². The average Bonchev–Trinajstić information content (AvgIpc) is 2.81. The van der Waals surface area contributed by atoms with Gasteiger partial charge in [0.15, 0.2) is 0 Å². The van der Waals surface area contributed by atoms with Crippen LogP contribution in [0.3, 0.4) is 0 Å². The molecule has 0 saturated carbocycles. The molecule has 24 heavy (non-hydrogen) atoms. The summed E-state index contributed by atoms with van der Waals surface area (Å²) >= 11 is 0. The van der Waals surface area contributed by atoms with Crippen molar-refractivity contribution >= 4 is 11.9 Å². The van der Waals surface area contributed by atoms with E-state index >= 15 is 0 Å². The van der Waals surface area contributed by atoms with Crippen molar-refractivity contribution in [3.05, 3.63) is 47.0 Å². The third kappa shape index (κ3) is 3.61. The summed E-state index contributed by atoms with van der Waals surface area (Å²) in [6.07, 6.45) is 5.05. The molecule has 126 valence electrons. The van der Waals surface area contributed by atoms with Crippen molar-refractivity contribution in [2.24, 2.45) is 0 Å². The Hall–Kier alpha value is -2.70. The van der Waals surface area contributed by atoms with Crippen LogP contribution in [-0.2, 0) is 19.4 Å². The Balaban J connectivity index is 1.59. The maximum Gasteiger partial charge on any atom is 0.335 e. The van der Waals surface area contributed by atoms with Crippen LogP contribution >= 0.6 is 0 Å². The van der Waals surface area contributed by atoms with Gasteiger partial charge in [-0.15, -0.1) is 10.2 Å². The number of hydrogen-bond donors (Lipinski definition) is 2. The molecule has 0 atom stereocenters. The van der Waals surface area contributed by atoms with Crippen molar-refractivity contribution in [2.45, 2.75) is 38.6 Å². The average molecular weight is 328 g/mol. The fraction of sp³-hybridized carbons (Fsp3) is 0.412. The van der Waals surface area contributed by atoms with E-state index in [0.29, 0.717) is 18.5 Å². The minimum atomic E-state index is -1.05. The highest BCUT2D eigenvalue weighted by atomic mass is 16.4. The third-order valence-electron chi connectivity index (χ3n) is 4.19. The number of fused-ring (bicyclic) bond motifs is 1. The largest absolute Gasteiger partial charge is 0.478 e. The number of carboxylic acids is 1. The first-order valence-corrected chi connectivity index (χ1v) is 8.17. The Morgan fingerprint density at radius 1 is 1.17 bits per heavy atom. The Bertz CT molecular complexity index is 754. The number of amides is 1. The van der Waals surface area contributed by atoms with Crippen LogP contribution in [-0.4, -0.2) is 38.3 Å². The summed E-state index contributed by atoms with van der Waals surface area (Å²) in [7, 11) is 0. The molecule has 0 aliphatic carbocycles. The fourth-order valence-corrected chi connectivity index (χ4v) is 2.91. The molecule has 0 fully saturated rings. The van der Waals surface area contributed by atoms with Gasteiger partial charge in [-0.3, -0.25) is 4.79 Å². The second kappa shape index (κ2) is 7.25. The lowest BCUT2D eigenvalue weighted by atomic mass is 10.1. The number of nitrogens with one attached hydrogen (secondary N) is 1. The second-order valence-electron chi connectivity index (χ2n) is 5.89. The maximum absolute atomic E-state index is 12.1. The van der Waals surface area contributed by atoms with Gasteiger partial charge < -0.3 is 15.0 Å². The summed E-state index contributed by atoms with van der Waals surface area (Å²) in [5.41, 5.74) is 0.445. The molecule has 1 aromatic heterocycles. The molecule has 7 heteroatoms. The van der Waals surface area contributed by atoms with Crippen molar-refractivity contribution in [2.75, 3.05) is 6.54 Å². The van der Waals surface area contributed by atoms with Crippen LogP contribution in [0.25, 0.3) is 0 Å². The van der Waals surface area contributed by atoms with E-state index in [9.17, 15) is 9.59 Å². The molecule has 2 heterocycles. The van der Waals surface area contributed by atoms with Crippen molar-refractivity contribution in [3.8, 4) is 0 Å². The van der Waals surface area contributed by atoms with Gasteiger partial charge in [-0.2, -0.15) is 0 Å². The van der Waals surface area contributed by atoms with Crippen molar-refractivity contribution < 1.29 is 14.7 Å². The zero-order chi connectivity index (χ0) is 16.9. The van der Waals surface area contributed by atoms with Crippen molar-refractivity contribution in [1.82, 2.24) is 20.1 Å². The minimum absolute atomic E-state index is 0.102. The van der Waals surface area contributed by atoms with E-state index in [1.54, 1.807) is 12.1 Å². The quantitative estimate of drug-likeness (QED) is 0.870. The molecule has 7 nitrogen and oxygen atoms in total. The maximum atomic E-state index is 12.1. The molecular weight excluding hydrogens is 308 g/mol. The summed E-state index contributed by atoms with van der Waals surface area (Å²) < 4.78 is 2.16. The van der Waals surface area contributed by atoms with E-state index < -0.39 is 5.97 Å². The van der Waals surface area contributed by atoms with E-state index in [1.807, 2.05) is 0 Å². The molecule has 0 saturated heterocycles. The molecule has 0 bridgehead atoms. The van der Waals surface area contributed by atoms with Gasteiger partial charge in [-0.05, 0) is 31.0 Å². The van der Waals surface area contributed by atoms with Gasteiger partial charge in [0.05, 0.1) is 5.56 Å². The lowest BCUT2D eigenvalue weighted by Gasteiger charge is -2.08. The third-order valence-corrected chi connectivity index (χ3v) is 4.19. The lowest BCUT2D eigenvalue weighted by molar-refractivity contribution is 0.0697. The SMILES string of the molecule is O=C(O)c1cccc(C(=O)NCCc2nnc3n2CCCCC3)c1. The number of carboxylic acid groups (broad SMARTS) is 1. The first kappa shape index (κ1) is 16.2. The highest BCUT2D eigenvalue weighted by Crippen LogP contribution is 2.14. The van der Waals surface area contributed by atoms with Gasteiger partial charge in [0.1, 0.15) is 11.6 Å². The lowest BCUT2D eigenvalue weighted by Crippen LogP contribution is -2.26. The summed E-state index contributed by atoms with van der Waals surface area (Å²) in [4.78, 5) is 23.1. The molecule has 1 aliphatic rings. The normalized spacial score (nSPS) is 13.8. The van der Waals surface area contributed by atoms with Gasteiger partial charge in [-0.1, -0.05) is 12.5 Å². The van der Waals surface area contributed by atoms with Crippen LogP contribution < -0.4 is 5.32 Å². The van der Waals surface area contributed by atoms with E-state index in [-0.39, 0.29) is 11.5 Å². The first-order chi connectivity index (χ1) is 11.6. The van der Waals surface area contributed by atoms with Crippen molar-refractivity contribution in [1.29, 1.82) is 0 Å². The molecule has 3 rings (SSSR count). The van der Waals surface area contributed by atoms with E-state index in [2.05, 4.69) is 20.1 Å². The summed E-state index contributed by atoms with van der Waals surface area (Å²) in [5.74, 6) is 0.596. The van der Waals surface area contributed by atoms with Crippen molar-refractivity contribution in [3.63, 3.8) is 0 Å². The number of aromatic carboxylic acids is 1. The molecule has 0 spiro atoms. The number of rotatable bonds is 5. The molecule has 2 aromatic rings. The van der Waals surface area contributed by atoms with Gasteiger partial charge >= 0.3 is 5.97 Å². The Morgan fingerprint density at radius 2 is 2.00 bits per heavy atom. The Labute approximate surface area is 139 Å². The number of nitrogens with zero attached hydrogens (tertiary/aromatic N) is 3. The van der Waals surface area contributed by atoms with E-state index in [1.165, 1.54) is 18.6 Å². The second-order valence-corrected chi connectivity index (χ2v) is 5.89. The molecule has 2 N–H and O–H groups in total. The van der Waals surface area contributed by atoms with E-state index in [4.69, 9.17) is 5.11 Å². The van der Waals surface area contributed by atoms with Gasteiger partial charge in [0, 0.05) is 31.5 Å². The minimum Gasteiger partial charge on any atom is -0.478 e. The highest BCUT2D eigenvalue weighted by molar-refractivity contribution is 5.97. The smallest absolute Gasteiger partial charge is 0.335 e. The number of aryl methyl sites for hydroxylation is 1. The molecule has 1 aromatic carbocycles. The number of carbonyl (C=O) groups excluding carboxylic acids is 1. The molecule has 0 unspecified atom stereocenters. The van der Waals surface area contributed by atoms with E-state index in [0.717, 1.165) is 37.5 Å². The van der Waals surface area contributed by atoms with Crippen LogP contribution in [0.4, 0.5) is 0 Å². The molecule has 0 radical (unpaired) electrons. The number of carbonyl (C=O) groups is 2. The van der Waals surface area contributed by atoms with Gasteiger partial charge in [0.2, 0.25) is 0 Å². The highest BCUT2D eigenvalue weighted by Gasteiger charge is 2.15. The zero-order valence-corrected chi connectivity index (χ0v) is 13.4. The van der Waals surface area contributed by atoms with Gasteiger partial charge in [0.25, 0.3) is 5.91 Å². The Morgan fingerprint density at radius 3 is 2.83 bits per heavy atom. The fourth-order valence-electron chi connectivity index (χ4n) is 2.91. The molecule has 1 amide bonds. The molecule has 1 aliphatic heterocycles. The van der Waals surface area contributed by atoms with Crippen LogP contribution in [0.5, 0.6) is 0 Å². The summed E-state index contributed by atoms with van der Waals surface area (Å²) in [6.45, 7) is 1.38. The topological polar surface area (TPSA) is 97.1 Å². The Kier molecular flexibility index (Phi) is 4.88. The zero-order valence-electron chi connectivity index (χ0n) is 13.4. The van der Waals surface area contributed by atoms with Crippen LogP contribution in [0.15, 0.2) is 24.3 Å². The molecular formula is C17H20N4O3. The first-order valence-electron chi connectivity index (χ1n) is 8.17. The number of hydrogen-bond acceptors (Lipinski definition) is 4. The standard InChI is InChI=1S/C17H20N4O3/c22-16(12-5-4-6-13(11-12)17(23)24)18-9-8-15-20-19-14-7-2-1-3-10-21(14)15/h4-6,11H,1-3,7-10H2,(H,18,22)(H,23,24). The van der Waals surface area contributed by atoms with Gasteiger partial charge in [-0.25, -0.2) is 4.79 Å². The van der Waals surface area contributed by atoms with Crippen LogP contribution in [0.2, 0.25) is 0 Å². The predicted octanol–water partition coefficient (Wildman–Crippen LogP) is 1.68. The van der Waals surface area contributed by atoms with Crippen LogP contribution in [0.1, 0.15) is 51.6 Å². The number of benzene rings is 1. The monoisotopic (exact) mass is 328 g/mol. The summed E-state index contributed by atoms with van der Waals surface area (Å²) in [6, 6.07) is 6.01. The summed E-state index contributed by atoms with van der Waals surface area (Å²) in [5, 5.41) is 20.3. The predicted molar refractivity (Wildman–Crippen MR) is 87.0 cm³/mol. The number of aromatic nitrogens is 3.